The lowest BCUT2D eigenvalue weighted by Crippen LogP contribution is -2.12. The van der Waals surface area contributed by atoms with E-state index >= 15 is 0 Å². The third kappa shape index (κ3) is 4.57. The Balaban J connectivity index is 1.73. The lowest BCUT2D eigenvalue weighted by Gasteiger charge is -2.08. The number of rotatable bonds is 6. The van der Waals surface area contributed by atoms with E-state index in [1.807, 2.05) is 31.2 Å². The van der Waals surface area contributed by atoms with Crippen molar-refractivity contribution in [3.8, 4) is 0 Å². The molecule has 9 heteroatoms. The van der Waals surface area contributed by atoms with Gasteiger partial charge < -0.3 is 20.8 Å². The van der Waals surface area contributed by atoms with Crippen molar-refractivity contribution < 1.29 is 14.3 Å². The highest BCUT2D eigenvalue weighted by molar-refractivity contribution is 6.01. The number of aromatic nitrogens is 4. The zero-order valence-corrected chi connectivity index (χ0v) is 16.7. The smallest absolute Gasteiger partial charge is 0.355 e. The number of carbonyl (C=O) groups excluding carboxylic acids is 2. The van der Waals surface area contributed by atoms with E-state index in [1.165, 1.54) is 6.92 Å². The molecule has 2 aromatic heterocycles. The number of nitrogens with zero attached hydrogens (tertiary/aromatic N) is 3. The zero-order chi connectivity index (χ0) is 21.1. The van der Waals surface area contributed by atoms with Crippen LogP contribution in [0.5, 0.6) is 0 Å². The standard InChI is InChI=1S/C20H22N6O3/c1-10-5-7-14(8-6-10)23-20-25-15(24-19(21)26-20)9-29-18(28)17-11(2)16(13(4)27)12(3)22-17/h5-8,22H,9H2,1-4H3,(H3,21,23,24,25,26). The van der Waals surface area contributed by atoms with Gasteiger partial charge >= 0.3 is 5.97 Å². The quantitative estimate of drug-likeness (QED) is 0.429. The van der Waals surface area contributed by atoms with Crippen LogP contribution in [0.2, 0.25) is 0 Å². The van der Waals surface area contributed by atoms with Crippen molar-refractivity contribution in [2.75, 3.05) is 11.1 Å². The lowest BCUT2D eigenvalue weighted by molar-refractivity contribution is 0.0455. The molecule has 1 aromatic carbocycles. The van der Waals surface area contributed by atoms with Gasteiger partial charge in [-0.25, -0.2) is 4.79 Å². The highest BCUT2D eigenvalue weighted by atomic mass is 16.5. The van der Waals surface area contributed by atoms with Crippen LogP contribution in [-0.4, -0.2) is 31.7 Å². The number of hydrogen-bond donors (Lipinski definition) is 3. The first kappa shape index (κ1) is 20.0. The van der Waals surface area contributed by atoms with Crippen molar-refractivity contribution in [1.82, 2.24) is 19.9 Å². The molecule has 4 N–H and O–H groups in total. The van der Waals surface area contributed by atoms with Crippen molar-refractivity contribution in [1.29, 1.82) is 0 Å². The molecule has 0 amide bonds. The molecule has 0 saturated carbocycles. The van der Waals surface area contributed by atoms with Gasteiger partial charge in [0.15, 0.2) is 18.2 Å². The molecule has 0 spiro atoms. The van der Waals surface area contributed by atoms with Crippen LogP contribution < -0.4 is 11.1 Å². The summed E-state index contributed by atoms with van der Waals surface area (Å²) in [5.41, 5.74) is 9.56. The van der Waals surface area contributed by atoms with Crippen LogP contribution in [0.4, 0.5) is 17.6 Å². The SMILES string of the molecule is CC(=O)c1c(C)[nH]c(C(=O)OCc2nc(N)nc(Nc3ccc(C)cc3)n2)c1C. The number of ether oxygens (including phenoxy) is 1. The lowest BCUT2D eigenvalue weighted by atomic mass is 10.1. The van der Waals surface area contributed by atoms with Crippen molar-refractivity contribution in [3.05, 3.63) is 58.2 Å². The summed E-state index contributed by atoms with van der Waals surface area (Å²) >= 11 is 0. The molecule has 0 radical (unpaired) electrons. The van der Waals surface area contributed by atoms with Gasteiger partial charge in [0.25, 0.3) is 0 Å². The molecule has 0 atom stereocenters. The van der Waals surface area contributed by atoms with Gasteiger partial charge in [-0.2, -0.15) is 15.0 Å². The van der Waals surface area contributed by atoms with E-state index in [0.29, 0.717) is 16.8 Å². The van der Waals surface area contributed by atoms with Crippen LogP contribution in [0.25, 0.3) is 0 Å². The van der Waals surface area contributed by atoms with E-state index in [1.54, 1.807) is 13.8 Å². The van der Waals surface area contributed by atoms with Gasteiger partial charge in [-0.15, -0.1) is 0 Å². The van der Waals surface area contributed by atoms with Crippen molar-refractivity contribution in [3.63, 3.8) is 0 Å². The van der Waals surface area contributed by atoms with E-state index in [9.17, 15) is 9.59 Å². The normalized spacial score (nSPS) is 10.6. The number of hydrogen-bond acceptors (Lipinski definition) is 8. The molecule has 150 valence electrons. The molecule has 0 aliphatic carbocycles. The van der Waals surface area contributed by atoms with E-state index in [-0.39, 0.29) is 35.8 Å². The number of nitrogen functional groups attached to an aromatic ring is 1. The fraction of sp³-hybridized carbons (Fsp3) is 0.250. The number of aryl methyl sites for hydroxylation is 2. The van der Waals surface area contributed by atoms with E-state index in [2.05, 4.69) is 25.3 Å². The summed E-state index contributed by atoms with van der Waals surface area (Å²) in [6.45, 7) is 6.68. The topological polar surface area (TPSA) is 136 Å². The Morgan fingerprint density at radius 3 is 2.41 bits per heavy atom. The highest BCUT2D eigenvalue weighted by Gasteiger charge is 2.21. The summed E-state index contributed by atoms with van der Waals surface area (Å²) in [5, 5.41) is 3.04. The molecule has 2 heterocycles. The molecule has 0 saturated heterocycles. The third-order valence-electron chi connectivity index (χ3n) is 4.33. The predicted molar refractivity (Wildman–Crippen MR) is 108 cm³/mol. The molecule has 3 aromatic rings. The largest absolute Gasteiger partial charge is 0.453 e. The monoisotopic (exact) mass is 394 g/mol. The molecule has 0 unspecified atom stereocenters. The zero-order valence-electron chi connectivity index (χ0n) is 16.7. The van der Waals surface area contributed by atoms with Gasteiger partial charge in [-0.05, 0) is 45.4 Å². The first-order valence-electron chi connectivity index (χ1n) is 8.96. The second-order valence-electron chi connectivity index (χ2n) is 6.68. The fourth-order valence-electron chi connectivity index (χ4n) is 3.01. The number of benzene rings is 1. The third-order valence-corrected chi connectivity index (χ3v) is 4.33. The summed E-state index contributed by atoms with van der Waals surface area (Å²) < 4.78 is 5.30. The molecular weight excluding hydrogens is 372 g/mol. The summed E-state index contributed by atoms with van der Waals surface area (Å²) in [6, 6.07) is 7.67. The maximum Gasteiger partial charge on any atom is 0.355 e. The minimum absolute atomic E-state index is 0.00595. The second kappa shape index (κ2) is 8.09. The molecule has 3 rings (SSSR count). The van der Waals surface area contributed by atoms with Crippen LogP contribution in [0.3, 0.4) is 0 Å². The fourth-order valence-corrected chi connectivity index (χ4v) is 3.01. The molecule has 0 fully saturated rings. The van der Waals surface area contributed by atoms with Gasteiger partial charge in [0.05, 0.1) is 0 Å². The van der Waals surface area contributed by atoms with Crippen molar-refractivity contribution >= 4 is 29.3 Å². The minimum Gasteiger partial charge on any atom is -0.453 e. The first-order chi connectivity index (χ1) is 13.7. The number of nitrogens with one attached hydrogen (secondary N) is 2. The molecule has 0 bridgehead atoms. The minimum atomic E-state index is -0.606. The maximum absolute atomic E-state index is 12.4. The van der Waals surface area contributed by atoms with Crippen LogP contribution in [0, 0.1) is 20.8 Å². The van der Waals surface area contributed by atoms with Gasteiger partial charge in [0.2, 0.25) is 11.9 Å². The molecule has 0 aliphatic heterocycles. The Kier molecular flexibility index (Phi) is 5.58. The summed E-state index contributed by atoms with van der Waals surface area (Å²) in [4.78, 5) is 39.4. The Morgan fingerprint density at radius 2 is 1.79 bits per heavy atom. The van der Waals surface area contributed by atoms with Gasteiger partial charge in [0, 0.05) is 16.9 Å². The van der Waals surface area contributed by atoms with Gasteiger partial charge in [-0.3, -0.25) is 4.79 Å². The Hall–Kier alpha value is -3.75. The summed E-state index contributed by atoms with van der Waals surface area (Å²) in [5.74, 6) is -0.268. The molecule has 9 nitrogen and oxygen atoms in total. The van der Waals surface area contributed by atoms with Crippen LogP contribution >= 0.6 is 0 Å². The number of nitrogens with two attached hydrogens (primary N) is 1. The molecule has 0 aliphatic rings. The number of aromatic amines is 1. The van der Waals surface area contributed by atoms with Crippen LogP contribution in [-0.2, 0) is 11.3 Å². The van der Waals surface area contributed by atoms with E-state index in [4.69, 9.17) is 10.5 Å². The Morgan fingerprint density at radius 1 is 1.10 bits per heavy atom. The Bertz CT molecular complexity index is 1070. The number of H-pyrrole nitrogens is 1. The number of esters is 1. The number of ketones is 1. The summed E-state index contributed by atoms with van der Waals surface area (Å²) in [7, 11) is 0. The summed E-state index contributed by atoms with van der Waals surface area (Å²) in [6.07, 6.45) is 0. The van der Waals surface area contributed by atoms with Gasteiger partial charge in [-0.1, -0.05) is 17.7 Å². The molecule has 29 heavy (non-hydrogen) atoms. The highest BCUT2D eigenvalue weighted by Crippen LogP contribution is 2.20. The average molecular weight is 394 g/mol. The van der Waals surface area contributed by atoms with E-state index < -0.39 is 5.97 Å². The predicted octanol–water partition coefficient (Wildman–Crippen LogP) is 3.01. The number of carbonyl (C=O) groups is 2. The maximum atomic E-state index is 12.4. The average Bonchev–Trinajstić information content (AvgIpc) is 2.95. The second-order valence-corrected chi connectivity index (χ2v) is 6.68. The van der Waals surface area contributed by atoms with Crippen molar-refractivity contribution in [2.45, 2.75) is 34.3 Å². The Labute approximate surface area is 167 Å². The van der Waals surface area contributed by atoms with Crippen LogP contribution in [0.15, 0.2) is 24.3 Å². The first-order valence-corrected chi connectivity index (χ1v) is 8.96. The number of Topliss-reactive ketones (excluding diaryl/α,β-unsaturated/α-hetero) is 1. The van der Waals surface area contributed by atoms with Gasteiger partial charge in [0.1, 0.15) is 5.69 Å². The number of anilines is 3. The van der Waals surface area contributed by atoms with Crippen molar-refractivity contribution in [2.24, 2.45) is 0 Å². The van der Waals surface area contributed by atoms with E-state index in [0.717, 1.165) is 11.3 Å². The molecular formula is C20H22N6O3. The van der Waals surface area contributed by atoms with Crippen LogP contribution in [0.1, 0.15) is 50.4 Å².